The molecule has 0 atom stereocenters. The second-order valence-corrected chi connectivity index (χ2v) is 4.06. The summed E-state index contributed by atoms with van der Waals surface area (Å²) in [6, 6.07) is 8.65. The number of benzene rings is 1. The van der Waals surface area contributed by atoms with Crippen molar-refractivity contribution in [2.75, 3.05) is 0 Å². The standard InChI is InChI=1S/C6H7O3P.H3O5P/c7-10(8)9-6-4-2-1-3-5-6;1-5-6(2,3)4/h1-5,7-8H;1H,(H2,2,3,4). The lowest BCUT2D eigenvalue weighted by molar-refractivity contribution is -0.158. The van der Waals surface area contributed by atoms with Gasteiger partial charge in [0.2, 0.25) is 0 Å². The van der Waals surface area contributed by atoms with Crippen LogP contribution in [0.4, 0.5) is 0 Å². The molecule has 0 aliphatic carbocycles. The van der Waals surface area contributed by atoms with E-state index in [4.69, 9.17) is 24.8 Å². The summed E-state index contributed by atoms with van der Waals surface area (Å²) in [6.45, 7) is 0. The maximum absolute atomic E-state index is 9.22. The Bertz CT molecular complexity index is 323. The summed E-state index contributed by atoms with van der Waals surface area (Å²) in [5.74, 6) is 0.471. The highest BCUT2D eigenvalue weighted by atomic mass is 31.2. The van der Waals surface area contributed by atoms with Crippen LogP contribution in [0, 0.1) is 0 Å². The molecule has 16 heavy (non-hydrogen) atoms. The first-order valence-electron chi connectivity index (χ1n) is 3.65. The highest BCUT2D eigenvalue weighted by molar-refractivity contribution is 7.46. The van der Waals surface area contributed by atoms with Crippen LogP contribution in [0.15, 0.2) is 30.3 Å². The van der Waals surface area contributed by atoms with Crippen molar-refractivity contribution in [2.24, 2.45) is 0 Å². The van der Waals surface area contributed by atoms with Crippen molar-refractivity contribution in [3.8, 4) is 5.75 Å². The molecular weight excluding hydrogens is 262 g/mol. The van der Waals surface area contributed by atoms with Gasteiger partial charge < -0.3 is 24.1 Å². The molecule has 0 aliphatic heterocycles. The van der Waals surface area contributed by atoms with E-state index < -0.39 is 16.4 Å². The number of hydrogen-bond acceptors (Lipinski definition) is 6. The molecule has 0 fully saturated rings. The zero-order chi connectivity index (χ0) is 12.6. The highest BCUT2D eigenvalue weighted by Crippen LogP contribution is 2.33. The highest BCUT2D eigenvalue weighted by Gasteiger charge is 2.10. The van der Waals surface area contributed by atoms with E-state index in [0.29, 0.717) is 5.75 Å². The van der Waals surface area contributed by atoms with Crippen LogP contribution in [-0.4, -0.2) is 24.8 Å². The fourth-order valence-corrected chi connectivity index (χ4v) is 0.886. The summed E-state index contributed by atoms with van der Waals surface area (Å²) in [5, 5.41) is 7.14. The van der Waals surface area contributed by atoms with Crippen LogP contribution >= 0.6 is 16.4 Å². The van der Waals surface area contributed by atoms with Gasteiger partial charge in [0.05, 0.1) is 0 Å². The fraction of sp³-hybridized carbons (Fsp3) is 0. The van der Waals surface area contributed by atoms with E-state index in [0.717, 1.165) is 0 Å². The van der Waals surface area contributed by atoms with E-state index in [1.165, 1.54) is 0 Å². The van der Waals surface area contributed by atoms with Crippen molar-refractivity contribution in [3.63, 3.8) is 0 Å². The Morgan fingerprint density at radius 2 is 1.56 bits per heavy atom. The SMILES string of the molecule is O=P(O)(O)OO.OP(O)Oc1ccccc1. The fourth-order valence-electron chi connectivity index (χ4n) is 0.576. The van der Waals surface area contributed by atoms with Crippen molar-refractivity contribution >= 4 is 16.4 Å². The van der Waals surface area contributed by atoms with E-state index in [-0.39, 0.29) is 0 Å². The third-order valence-corrected chi connectivity index (χ3v) is 1.62. The summed E-state index contributed by atoms with van der Waals surface area (Å²) >= 11 is 0. The van der Waals surface area contributed by atoms with Gasteiger partial charge in [0.25, 0.3) is 0 Å². The molecule has 5 N–H and O–H groups in total. The molecule has 8 nitrogen and oxygen atoms in total. The lowest BCUT2D eigenvalue weighted by atomic mass is 10.3. The molecule has 0 aromatic heterocycles. The molecule has 0 spiro atoms. The minimum absolute atomic E-state index is 0.471. The van der Waals surface area contributed by atoms with Crippen LogP contribution in [0.2, 0.25) is 0 Å². The molecule has 0 radical (unpaired) electrons. The van der Waals surface area contributed by atoms with Gasteiger partial charge in [-0.1, -0.05) is 18.2 Å². The molecule has 0 bridgehead atoms. The molecule has 0 saturated carbocycles. The first-order valence-corrected chi connectivity index (χ1v) is 6.34. The predicted molar refractivity (Wildman–Crippen MR) is 54.2 cm³/mol. The van der Waals surface area contributed by atoms with Gasteiger partial charge in [0.1, 0.15) is 5.75 Å². The second kappa shape index (κ2) is 7.67. The Labute approximate surface area is 91.9 Å². The van der Waals surface area contributed by atoms with Crippen molar-refractivity contribution in [1.29, 1.82) is 0 Å². The van der Waals surface area contributed by atoms with Crippen molar-refractivity contribution < 1.29 is 38.6 Å². The van der Waals surface area contributed by atoms with Gasteiger partial charge in [-0.25, -0.2) is 9.82 Å². The van der Waals surface area contributed by atoms with E-state index in [2.05, 4.69) is 9.20 Å². The van der Waals surface area contributed by atoms with Crippen molar-refractivity contribution in [2.45, 2.75) is 0 Å². The topological polar surface area (TPSA) is 137 Å². The average Bonchev–Trinajstić information content (AvgIpc) is 2.18. The van der Waals surface area contributed by atoms with Crippen LogP contribution in [0.3, 0.4) is 0 Å². The molecular formula is C6H10O8P2. The van der Waals surface area contributed by atoms with Crippen LogP contribution in [-0.2, 0) is 9.24 Å². The molecule has 0 saturated heterocycles. The summed E-state index contributed by atoms with van der Waals surface area (Å²) < 4.78 is 16.4. The molecule has 0 aliphatic rings. The maximum Gasteiger partial charge on any atom is 0.496 e. The molecule has 0 amide bonds. The monoisotopic (exact) mass is 272 g/mol. The summed E-state index contributed by atoms with van der Waals surface area (Å²) in [4.78, 5) is 31.7. The maximum atomic E-state index is 9.22. The molecule has 0 heterocycles. The van der Waals surface area contributed by atoms with Gasteiger partial charge in [-0.2, -0.15) is 0 Å². The third kappa shape index (κ3) is 9.97. The third-order valence-electron chi connectivity index (χ3n) is 1.04. The Balaban J connectivity index is 0.000000325. The second-order valence-electron chi connectivity index (χ2n) is 2.23. The number of hydrogen-bond donors (Lipinski definition) is 5. The van der Waals surface area contributed by atoms with Crippen molar-refractivity contribution in [3.05, 3.63) is 30.3 Å². The zero-order valence-corrected chi connectivity index (χ0v) is 9.53. The van der Waals surface area contributed by atoms with E-state index >= 15 is 0 Å². The Kier molecular flexibility index (Phi) is 7.40. The average molecular weight is 272 g/mol. The smallest absolute Gasteiger partial charge is 0.427 e. The van der Waals surface area contributed by atoms with Crippen molar-refractivity contribution in [1.82, 2.24) is 0 Å². The van der Waals surface area contributed by atoms with Gasteiger partial charge in [0.15, 0.2) is 0 Å². The molecule has 1 aromatic carbocycles. The van der Waals surface area contributed by atoms with Crippen LogP contribution in [0.25, 0.3) is 0 Å². The molecule has 0 unspecified atom stereocenters. The first-order chi connectivity index (χ1) is 7.35. The summed E-state index contributed by atoms with van der Waals surface area (Å²) in [7, 11) is -6.87. The van der Waals surface area contributed by atoms with Gasteiger partial charge in [-0.15, -0.1) is 4.67 Å². The molecule has 1 aromatic rings. The first kappa shape index (κ1) is 15.4. The largest absolute Gasteiger partial charge is 0.496 e. The molecule has 10 heteroatoms. The minimum atomic E-state index is -4.59. The number of phosphoric acid groups is 1. The quantitative estimate of drug-likeness (QED) is 0.310. The number of para-hydroxylation sites is 1. The van der Waals surface area contributed by atoms with Crippen LogP contribution in [0.5, 0.6) is 5.75 Å². The van der Waals surface area contributed by atoms with Gasteiger partial charge in [-0.3, -0.25) is 0 Å². The lowest BCUT2D eigenvalue weighted by Crippen LogP contribution is -1.82. The normalized spacial score (nSPS) is 10.6. The van der Waals surface area contributed by atoms with E-state index in [9.17, 15) is 4.57 Å². The summed E-state index contributed by atoms with van der Waals surface area (Å²) in [6.07, 6.45) is 0. The summed E-state index contributed by atoms with van der Waals surface area (Å²) in [5.41, 5.74) is 0. The van der Waals surface area contributed by atoms with Gasteiger partial charge in [0, 0.05) is 0 Å². The lowest BCUT2D eigenvalue weighted by Gasteiger charge is -2.02. The van der Waals surface area contributed by atoms with E-state index in [1.807, 2.05) is 6.07 Å². The van der Waals surface area contributed by atoms with Gasteiger partial charge >= 0.3 is 16.4 Å². The molecule has 92 valence electrons. The molecule has 1 rings (SSSR count). The number of rotatable bonds is 3. The Morgan fingerprint density at radius 1 is 1.12 bits per heavy atom. The predicted octanol–water partition coefficient (Wildman–Crippen LogP) is 0.846. The minimum Gasteiger partial charge on any atom is -0.427 e. The zero-order valence-electron chi connectivity index (χ0n) is 7.74. The van der Waals surface area contributed by atoms with Crippen LogP contribution in [0.1, 0.15) is 0 Å². The van der Waals surface area contributed by atoms with E-state index in [1.54, 1.807) is 24.3 Å². The Hall–Kier alpha value is -0.560. The Morgan fingerprint density at radius 3 is 1.88 bits per heavy atom. The van der Waals surface area contributed by atoms with Crippen LogP contribution < -0.4 is 4.52 Å². The van der Waals surface area contributed by atoms with Gasteiger partial charge in [-0.05, 0) is 12.1 Å².